The van der Waals surface area contributed by atoms with Crippen molar-refractivity contribution < 1.29 is 14.5 Å². The molecule has 2 fully saturated rings. The molecule has 0 bridgehead atoms. The Hall–Kier alpha value is -2.57. The SMILES string of the molecule is O=C1Nc2cc(C(=O)N3CCC([NH+]4CCCCC4)CC3)ccc2SC1=Cc1ccccc1. The number of likely N-dealkylation sites (tertiary alicyclic amines) is 2. The van der Waals surface area contributed by atoms with Gasteiger partial charge >= 0.3 is 0 Å². The van der Waals surface area contributed by atoms with Crippen LogP contribution in [0.2, 0.25) is 0 Å². The molecule has 5 rings (SSSR count). The van der Waals surface area contributed by atoms with E-state index in [2.05, 4.69) is 5.32 Å². The minimum Gasteiger partial charge on any atom is -0.338 e. The summed E-state index contributed by atoms with van der Waals surface area (Å²) in [6, 6.07) is 16.2. The van der Waals surface area contributed by atoms with Crippen LogP contribution < -0.4 is 10.2 Å². The van der Waals surface area contributed by atoms with Gasteiger partial charge in [0.05, 0.1) is 29.7 Å². The first-order valence-electron chi connectivity index (χ1n) is 11.7. The third-order valence-corrected chi connectivity index (χ3v) is 7.97. The summed E-state index contributed by atoms with van der Waals surface area (Å²) in [6.07, 6.45) is 8.14. The van der Waals surface area contributed by atoms with Crippen LogP contribution in [-0.4, -0.2) is 48.9 Å². The Bertz CT molecular complexity index is 1020. The topological polar surface area (TPSA) is 53.9 Å². The maximum atomic E-state index is 13.1. The lowest BCUT2D eigenvalue weighted by Crippen LogP contribution is -3.16. The minimum absolute atomic E-state index is 0.0739. The summed E-state index contributed by atoms with van der Waals surface area (Å²) in [7, 11) is 0. The molecule has 0 saturated carbocycles. The zero-order valence-electron chi connectivity index (χ0n) is 18.3. The molecule has 2 aromatic rings. The van der Waals surface area contributed by atoms with Crippen molar-refractivity contribution in [2.45, 2.75) is 43.0 Å². The molecule has 0 unspecified atom stereocenters. The van der Waals surface area contributed by atoms with Crippen LogP contribution in [0.5, 0.6) is 0 Å². The van der Waals surface area contributed by atoms with Crippen LogP contribution in [-0.2, 0) is 4.79 Å². The van der Waals surface area contributed by atoms with E-state index in [0.717, 1.165) is 42.1 Å². The molecule has 3 aliphatic rings. The minimum atomic E-state index is -0.124. The first-order chi connectivity index (χ1) is 15.7. The number of fused-ring (bicyclic) bond motifs is 1. The first-order valence-corrected chi connectivity index (χ1v) is 12.5. The highest BCUT2D eigenvalue weighted by molar-refractivity contribution is 8.04. The van der Waals surface area contributed by atoms with Gasteiger partial charge in [-0.25, -0.2) is 0 Å². The molecule has 2 aromatic carbocycles. The van der Waals surface area contributed by atoms with E-state index in [1.807, 2.05) is 59.5 Å². The van der Waals surface area contributed by atoms with Gasteiger partial charge in [0, 0.05) is 36.4 Å². The standard InChI is InChI=1S/C26H29N3O2S/c30-25-24(17-19-7-3-1-4-8-19)32-23-10-9-20(18-22(23)27-25)26(31)29-15-11-21(12-16-29)28-13-5-2-6-14-28/h1,3-4,7-10,17-18,21H,2,5-6,11-16H2,(H,27,30)/p+1. The molecule has 3 heterocycles. The number of piperidine rings is 2. The molecule has 0 atom stereocenters. The van der Waals surface area contributed by atoms with Crippen LogP contribution in [0.3, 0.4) is 0 Å². The number of nitrogens with zero attached hydrogens (tertiary/aromatic N) is 1. The highest BCUT2D eigenvalue weighted by Gasteiger charge is 2.31. The number of anilines is 1. The number of carbonyl (C=O) groups excluding carboxylic acids is 2. The number of benzene rings is 2. The summed E-state index contributed by atoms with van der Waals surface area (Å²) >= 11 is 1.45. The molecule has 3 aliphatic heterocycles. The van der Waals surface area contributed by atoms with E-state index in [1.54, 1.807) is 4.90 Å². The molecular formula is C26H30N3O2S+. The zero-order valence-corrected chi connectivity index (χ0v) is 19.1. The molecule has 5 nitrogen and oxygen atoms in total. The van der Waals surface area contributed by atoms with Crippen molar-refractivity contribution in [1.29, 1.82) is 0 Å². The Labute approximate surface area is 193 Å². The lowest BCUT2D eigenvalue weighted by molar-refractivity contribution is -0.931. The summed E-state index contributed by atoms with van der Waals surface area (Å²) in [4.78, 5) is 31.1. The summed E-state index contributed by atoms with van der Waals surface area (Å²) in [5.41, 5.74) is 2.38. The average Bonchev–Trinajstić information content (AvgIpc) is 2.85. The molecule has 2 amide bonds. The molecule has 0 spiro atoms. The number of quaternary nitrogens is 1. The lowest BCUT2D eigenvalue weighted by atomic mass is 9.99. The number of carbonyl (C=O) groups is 2. The summed E-state index contributed by atoms with van der Waals surface area (Å²) in [5.74, 6) is -0.0500. The predicted octanol–water partition coefficient (Wildman–Crippen LogP) is 3.45. The highest BCUT2D eigenvalue weighted by Crippen LogP contribution is 2.39. The van der Waals surface area contributed by atoms with Gasteiger partial charge in [0.25, 0.3) is 11.8 Å². The number of thioether (sulfide) groups is 1. The summed E-state index contributed by atoms with van der Waals surface area (Å²) in [5, 5.41) is 2.98. The lowest BCUT2D eigenvalue weighted by Gasteiger charge is -2.37. The van der Waals surface area contributed by atoms with Crippen LogP contribution in [0, 0.1) is 0 Å². The fourth-order valence-electron chi connectivity index (χ4n) is 5.08. The summed E-state index contributed by atoms with van der Waals surface area (Å²) in [6.45, 7) is 4.24. The van der Waals surface area contributed by atoms with Gasteiger partial charge in [-0.1, -0.05) is 42.1 Å². The molecule has 0 radical (unpaired) electrons. The van der Waals surface area contributed by atoms with Gasteiger partial charge in [0.15, 0.2) is 0 Å². The van der Waals surface area contributed by atoms with Gasteiger partial charge in [0.1, 0.15) is 0 Å². The van der Waals surface area contributed by atoms with Crippen molar-refractivity contribution in [3.05, 3.63) is 64.6 Å². The van der Waals surface area contributed by atoms with Crippen molar-refractivity contribution >= 4 is 35.3 Å². The van der Waals surface area contributed by atoms with Crippen molar-refractivity contribution in [3.8, 4) is 0 Å². The number of hydrogen-bond donors (Lipinski definition) is 2. The van der Waals surface area contributed by atoms with Crippen molar-refractivity contribution in [1.82, 2.24) is 4.90 Å². The summed E-state index contributed by atoms with van der Waals surface area (Å²) < 4.78 is 0. The molecule has 2 saturated heterocycles. The quantitative estimate of drug-likeness (QED) is 0.708. The second-order valence-corrected chi connectivity index (χ2v) is 10.1. The van der Waals surface area contributed by atoms with Gasteiger partial charge in [0.2, 0.25) is 0 Å². The second-order valence-electron chi connectivity index (χ2n) is 8.97. The zero-order chi connectivity index (χ0) is 21.9. The fraction of sp³-hybridized carbons (Fsp3) is 0.385. The molecule has 32 heavy (non-hydrogen) atoms. The van der Waals surface area contributed by atoms with Gasteiger partial charge in [-0.2, -0.15) is 0 Å². The normalized spacial score (nSPS) is 21.3. The predicted molar refractivity (Wildman–Crippen MR) is 129 cm³/mol. The monoisotopic (exact) mass is 448 g/mol. The Balaban J connectivity index is 1.25. The smallest absolute Gasteiger partial charge is 0.262 e. The molecule has 0 aliphatic carbocycles. The van der Waals surface area contributed by atoms with E-state index in [9.17, 15) is 9.59 Å². The molecule has 6 heteroatoms. The van der Waals surface area contributed by atoms with E-state index in [-0.39, 0.29) is 11.8 Å². The van der Waals surface area contributed by atoms with Crippen LogP contribution in [0.1, 0.15) is 48.0 Å². The fourth-order valence-corrected chi connectivity index (χ4v) is 6.01. The van der Waals surface area contributed by atoms with E-state index in [1.165, 1.54) is 44.1 Å². The Morgan fingerprint density at radius 3 is 2.53 bits per heavy atom. The van der Waals surface area contributed by atoms with E-state index >= 15 is 0 Å². The van der Waals surface area contributed by atoms with Gasteiger partial charge < -0.3 is 15.1 Å². The maximum Gasteiger partial charge on any atom is 0.262 e. The van der Waals surface area contributed by atoms with E-state index in [4.69, 9.17) is 0 Å². The van der Waals surface area contributed by atoms with Crippen LogP contribution in [0.25, 0.3) is 6.08 Å². The van der Waals surface area contributed by atoms with Crippen LogP contribution in [0.15, 0.2) is 58.3 Å². The first kappa shape index (κ1) is 21.3. The molecule has 0 aromatic heterocycles. The average molecular weight is 449 g/mol. The number of rotatable bonds is 3. The highest BCUT2D eigenvalue weighted by atomic mass is 32.2. The molecule has 166 valence electrons. The number of hydrogen-bond acceptors (Lipinski definition) is 3. The third-order valence-electron chi connectivity index (χ3n) is 6.87. The number of nitrogens with one attached hydrogen (secondary N) is 2. The van der Waals surface area contributed by atoms with Gasteiger partial charge in [-0.3, -0.25) is 9.59 Å². The van der Waals surface area contributed by atoms with Crippen LogP contribution >= 0.6 is 11.8 Å². The van der Waals surface area contributed by atoms with Crippen molar-refractivity contribution in [2.24, 2.45) is 0 Å². The molecular weight excluding hydrogens is 418 g/mol. The van der Waals surface area contributed by atoms with E-state index in [0.29, 0.717) is 16.5 Å². The Morgan fingerprint density at radius 2 is 1.78 bits per heavy atom. The second kappa shape index (κ2) is 9.51. The number of amides is 2. The van der Waals surface area contributed by atoms with Gasteiger partial charge in [-0.05, 0) is 49.1 Å². The van der Waals surface area contributed by atoms with Crippen molar-refractivity contribution in [3.63, 3.8) is 0 Å². The third kappa shape index (κ3) is 4.62. The Morgan fingerprint density at radius 1 is 1.03 bits per heavy atom. The van der Waals surface area contributed by atoms with Gasteiger partial charge in [-0.15, -0.1) is 0 Å². The Kier molecular flexibility index (Phi) is 6.32. The van der Waals surface area contributed by atoms with E-state index < -0.39 is 0 Å². The van der Waals surface area contributed by atoms with Crippen LogP contribution in [0.4, 0.5) is 5.69 Å². The van der Waals surface area contributed by atoms with Crippen molar-refractivity contribution in [2.75, 3.05) is 31.5 Å². The molecule has 2 N–H and O–H groups in total. The largest absolute Gasteiger partial charge is 0.338 e. The maximum absolute atomic E-state index is 13.1.